The Kier molecular flexibility index (Phi) is 8.16. The van der Waals surface area contributed by atoms with Crippen LogP contribution in [0.5, 0.6) is 0 Å². The summed E-state index contributed by atoms with van der Waals surface area (Å²) in [5.74, 6) is 1.07. The molecule has 1 aliphatic rings. The third-order valence-corrected chi connectivity index (χ3v) is 7.62. The second-order valence-corrected chi connectivity index (χ2v) is 9.95. The van der Waals surface area contributed by atoms with Crippen molar-refractivity contribution >= 4 is 26.9 Å². The molecule has 0 bridgehead atoms. The van der Waals surface area contributed by atoms with Crippen molar-refractivity contribution in [3.63, 3.8) is 0 Å². The Morgan fingerprint density at radius 1 is 1.23 bits per heavy atom. The fraction of sp³-hybridized carbons (Fsp3) is 0.591. The summed E-state index contributed by atoms with van der Waals surface area (Å²) < 4.78 is 26.1. The van der Waals surface area contributed by atoms with Crippen LogP contribution >= 0.6 is 0 Å². The van der Waals surface area contributed by atoms with Crippen molar-refractivity contribution < 1.29 is 8.42 Å². The number of aliphatic imine (C=N–C) groups is 1. The summed E-state index contributed by atoms with van der Waals surface area (Å²) in [6.45, 7) is 6.68. The Balaban J connectivity index is 1.48. The van der Waals surface area contributed by atoms with E-state index in [0.717, 1.165) is 44.7 Å². The Labute approximate surface area is 180 Å². The molecule has 1 aliphatic heterocycles. The molecule has 0 spiro atoms. The van der Waals surface area contributed by atoms with Gasteiger partial charge < -0.3 is 15.6 Å². The molecule has 0 saturated carbocycles. The van der Waals surface area contributed by atoms with Gasteiger partial charge in [-0.05, 0) is 50.7 Å². The number of nitrogens with zero attached hydrogens (tertiary/aromatic N) is 2. The predicted molar refractivity (Wildman–Crippen MR) is 124 cm³/mol. The highest BCUT2D eigenvalue weighted by Crippen LogP contribution is 2.19. The lowest BCUT2D eigenvalue weighted by Gasteiger charge is -2.32. The van der Waals surface area contributed by atoms with Crippen molar-refractivity contribution in [2.75, 3.05) is 31.9 Å². The van der Waals surface area contributed by atoms with Gasteiger partial charge in [-0.15, -0.1) is 0 Å². The number of aromatic nitrogens is 1. The minimum absolute atomic E-state index is 0.242. The van der Waals surface area contributed by atoms with E-state index in [0.29, 0.717) is 19.5 Å². The van der Waals surface area contributed by atoms with Gasteiger partial charge in [0.25, 0.3) is 0 Å². The summed E-state index contributed by atoms with van der Waals surface area (Å²) in [4.78, 5) is 8.06. The number of guanidine groups is 1. The highest BCUT2D eigenvalue weighted by atomic mass is 32.2. The van der Waals surface area contributed by atoms with Crippen molar-refractivity contribution in [3.05, 3.63) is 36.0 Å². The first-order valence-electron chi connectivity index (χ1n) is 11.1. The molecule has 1 aromatic heterocycles. The van der Waals surface area contributed by atoms with E-state index in [2.05, 4.69) is 46.9 Å². The molecular weight excluding hydrogens is 398 g/mol. The van der Waals surface area contributed by atoms with Crippen LogP contribution in [0.1, 0.15) is 45.1 Å². The normalized spacial score (nSPS) is 16.8. The number of piperidine rings is 1. The first-order chi connectivity index (χ1) is 14.5. The smallest absolute Gasteiger partial charge is 0.214 e. The lowest BCUT2D eigenvalue weighted by atomic mass is 10.1. The molecule has 1 fully saturated rings. The van der Waals surface area contributed by atoms with Gasteiger partial charge >= 0.3 is 0 Å². The Hall–Kier alpha value is -2.06. The number of sulfonamides is 1. The summed E-state index contributed by atoms with van der Waals surface area (Å²) >= 11 is 0. The fourth-order valence-corrected chi connectivity index (χ4v) is 5.52. The third-order valence-electron chi connectivity index (χ3n) is 5.54. The van der Waals surface area contributed by atoms with Gasteiger partial charge in [0.15, 0.2) is 5.96 Å². The van der Waals surface area contributed by atoms with Crippen molar-refractivity contribution in [3.8, 4) is 0 Å². The molecule has 0 unspecified atom stereocenters. The van der Waals surface area contributed by atoms with Crippen molar-refractivity contribution in [1.82, 2.24) is 19.9 Å². The molecule has 0 aliphatic carbocycles. The van der Waals surface area contributed by atoms with E-state index < -0.39 is 10.0 Å². The summed E-state index contributed by atoms with van der Waals surface area (Å²) in [5, 5.41) is 8.10. The number of H-pyrrole nitrogens is 1. The standard InChI is InChI=1S/C22H35N5O2S/c1-3-16-30(28,29)27-14-11-19(12-15-27)26-22(23-4-2)24-13-7-8-18-17-25-21-10-6-5-9-20(18)21/h5-6,9-10,17,19,25H,3-4,7-8,11-16H2,1-2H3,(H2,23,24,26). The van der Waals surface area contributed by atoms with E-state index in [1.54, 1.807) is 4.31 Å². The van der Waals surface area contributed by atoms with E-state index in [1.807, 2.05) is 13.0 Å². The van der Waals surface area contributed by atoms with Gasteiger partial charge in [-0.2, -0.15) is 0 Å². The quantitative estimate of drug-likeness (QED) is 0.322. The summed E-state index contributed by atoms with van der Waals surface area (Å²) in [5.41, 5.74) is 2.51. The van der Waals surface area contributed by atoms with Crippen molar-refractivity contribution in [2.45, 2.75) is 52.0 Å². The lowest BCUT2D eigenvalue weighted by molar-refractivity contribution is 0.306. The molecule has 30 heavy (non-hydrogen) atoms. The van der Waals surface area contributed by atoms with Crippen molar-refractivity contribution in [2.24, 2.45) is 4.99 Å². The van der Waals surface area contributed by atoms with Crippen LogP contribution in [0.3, 0.4) is 0 Å². The average Bonchev–Trinajstić information content (AvgIpc) is 3.15. The molecule has 2 aromatic rings. The van der Waals surface area contributed by atoms with Gasteiger partial charge in [-0.3, -0.25) is 4.99 Å². The minimum atomic E-state index is -3.09. The highest BCUT2D eigenvalue weighted by Gasteiger charge is 2.27. The number of benzene rings is 1. The van der Waals surface area contributed by atoms with E-state index in [4.69, 9.17) is 4.99 Å². The first-order valence-corrected chi connectivity index (χ1v) is 12.7. The second-order valence-electron chi connectivity index (χ2n) is 7.86. The molecule has 7 nitrogen and oxygen atoms in total. The number of rotatable bonds is 9. The van der Waals surface area contributed by atoms with E-state index >= 15 is 0 Å². The SMILES string of the molecule is CCCS(=O)(=O)N1CCC(NC(=NCCCc2c[nH]c3ccccc23)NCC)CC1. The number of aromatic amines is 1. The number of para-hydroxylation sites is 1. The molecule has 0 amide bonds. The van der Waals surface area contributed by atoms with Crippen LogP contribution in [0.2, 0.25) is 0 Å². The second kappa shape index (κ2) is 10.8. The molecular formula is C22H35N5O2S. The number of fused-ring (bicyclic) bond motifs is 1. The van der Waals surface area contributed by atoms with Crippen LogP contribution < -0.4 is 10.6 Å². The van der Waals surface area contributed by atoms with Gasteiger partial charge in [0.05, 0.1) is 5.75 Å². The third kappa shape index (κ3) is 5.98. The minimum Gasteiger partial charge on any atom is -0.361 e. The van der Waals surface area contributed by atoms with Crippen LogP contribution in [0, 0.1) is 0 Å². The average molecular weight is 434 g/mol. The number of hydrogen-bond donors (Lipinski definition) is 3. The maximum absolute atomic E-state index is 12.2. The van der Waals surface area contributed by atoms with Gasteiger partial charge in [0, 0.05) is 49.3 Å². The molecule has 3 N–H and O–H groups in total. The Morgan fingerprint density at radius 2 is 2.00 bits per heavy atom. The summed E-state index contributed by atoms with van der Waals surface area (Å²) in [7, 11) is -3.09. The van der Waals surface area contributed by atoms with Crippen LogP contribution in [0.25, 0.3) is 10.9 Å². The fourth-order valence-electron chi connectivity index (χ4n) is 3.98. The molecule has 2 heterocycles. The highest BCUT2D eigenvalue weighted by molar-refractivity contribution is 7.89. The van der Waals surface area contributed by atoms with Gasteiger partial charge in [0.1, 0.15) is 0 Å². The van der Waals surface area contributed by atoms with Crippen LogP contribution in [0.15, 0.2) is 35.5 Å². The van der Waals surface area contributed by atoms with E-state index in [1.165, 1.54) is 16.5 Å². The van der Waals surface area contributed by atoms with Crippen LogP contribution in [0.4, 0.5) is 0 Å². The molecule has 8 heteroatoms. The Morgan fingerprint density at radius 3 is 2.73 bits per heavy atom. The molecule has 166 valence electrons. The Bertz CT molecular complexity index is 930. The summed E-state index contributed by atoms with van der Waals surface area (Å²) in [6.07, 6.45) is 6.34. The first kappa shape index (κ1) is 22.6. The zero-order valence-corrected chi connectivity index (χ0v) is 19.0. The lowest BCUT2D eigenvalue weighted by Crippen LogP contribution is -2.50. The van der Waals surface area contributed by atoms with E-state index in [9.17, 15) is 8.42 Å². The van der Waals surface area contributed by atoms with Gasteiger partial charge in [0.2, 0.25) is 10.0 Å². The topological polar surface area (TPSA) is 89.6 Å². The predicted octanol–water partition coefficient (Wildman–Crippen LogP) is 2.86. The number of nitrogens with one attached hydrogen (secondary N) is 3. The molecule has 1 aromatic carbocycles. The van der Waals surface area contributed by atoms with E-state index in [-0.39, 0.29) is 11.8 Å². The molecule has 0 atom stereocenters. The van der Waals surface area contributed by atoms with Crippen LogP contribution in [-0.4, -0.2) is 61.6 Å². The molecule has 3 rings (SSSR count). The number of aryl methyl sites for hydroxylation is 1. The van der Waals surface area contributed by atoms with Crippen molar-refractivity contribution in [1.29, 1.82) is 0 Å². The largest absolute Gasteiger partial charge is 0.361 e. The maximum Gasteiger partial charge on any atom is 0.214 e. The van der Waals surface area contributed by atoms with Crippen LogP contribution in [-0.2, 0) is 16.4 Å². The monoisotopic (exact) mass is 433 g/mol. The molecule has 1 saturated heterocycles. The zero-order valence-electron chi connectivity index (χ0n) is 18.2. The summed E-state index contributed by atoms with van der Waals surface area (Å²) in [6, 6.07) is 8.63. The zero-order chi connectivity index (χ0) is 21.4. The molecule has 0 radical (unpaired) electrons. The number of hydrogen-bond acceptors (Lipinski definition) is 3. The van der Waals surface area contributed by atoms with Gasteiger partial charge in [-0.1, -0.05) is 25.1 Å². The van der Waals surface area contributed by atoms with Gasteiger partial charge in [-0.25, -0.2) is 12.7 Å². The maximum atomic E-state index is 12.2.